The average molecular weight is 362 g/mol. The molecule has 0 saturated carbocycles. The molecular weight excluding hydrogens is 332 g/mol. The molecule has 0 spiro atoms. The second-order valence-electron chi connectivity index (χ2n) is 6.31. The first-order chi connectivity index (χ1) is 12.7. The predicted molar refractivity (Wildman–Crippen MR) is 102 cm³/mol. The lowest BCUT2D eigenvalue weighted by Gasteiger charge is -2.15. The first-order valence-electron chi connectivity index (χ1n) is 9.38. The van der Waals surface area contributed by atoms with Crippen LogP contribution in [0.1, 0.15) is 39.5 Å². The summed E-state index contributed by atoms with van der Waals surface area (Å²) in [7, 11) is 1.66. The van der Waals surface area contributed by atoms with Crippen LogP contribution in [0.3, 0.4) is 0 Å². The topological polar surface area (TPSA) is 94.0 Å². The summed E-state index contributed by atoms with van der Waals surface area (Å²) >= 11 is 0. The molecule has 2 heterocycles. The third kappa shape index (κ3) is 5.39. The number of hydrogen-bond donors (Lipinski definition) is 2. The van der Waals surface area contributed by atoms with Crippen molar-refractivity contribution >= 4 is 22.8 Å². The lowest BCUT2D eigenvalue weighted by molar-refractivity contribution is -0.125. The van der Waals surface area contributed by atoms with Crippen LogP contribution in [-0.4, -0.2) is 52.5 Å². The molecule has 1 amide bonds. The average Bonchev–Trinajstić information content (AvgIpc) is 3.06. The summed E-state index contributed by atoms with van der Waals surface area (Å²) in [5.41, 5.74) is 0.757. The van der Waals surface area contributed by atoms with Crippen molar-refractivity contribution in [1.82, 2.24) is 25.1 Å². The van der Waals surface area contributed by atoms with E-state index in [9.17, 15) is 4.79 Å². The second kappa shape index (κ2) is 10.7. The van der Waals surface area contributed by atoms with Crippen LogP contribution in [-0.2, 0) is 16.1 Å². The van der Waals surface area contributed by atoms with Gasteiger partial charge in [0.1, 0.15) is 12.1 Å². The minimum Gasteiger partial charge on any atom is -0.383 e. The smallest absolute Gasteiger partial charge is 0.223 e. The van der Waals surface area contributed by atoms with Gasteiger partial charge in [-0.1, -0.05) is 26.7 Å². The van der Waals surface area contributed by atoms with Gasteiger partial charge in [0.25, 0.3) is 0 Å². The molecule has 26 heavy (non-hydrogen) atoms. The van der Waals surface area contributed by atoms with E-state index in [1.54, 1.807) is 18.0 Å². The molecule has 0 aliphatic carbocycles. The van der Waals surface area contributed by atoms with E-state index in [0.29, 0.717) is 26.2 Å². The van der Waals surface area contributed by atoms with Crippen molar-refractivity contribution < 1.29 is 9.53 Å². The number of methoxy groups -OCH3 is 1. The highest BCUT2D eigenvalue weighted by atomic mass is 16.5. The maximum atomic E-state index is 12.3. The molecule has 0 aromatic carbocycles. The van der Waals surface area contributed by atoms with Gasteiger partial charge in [-0.15, -0.1) is 0 Å². The number of rotatable bonds is 12. The normalized spacial score (nSPS) is 11.2. The van der Waals surface area contributed by atoms with Crippen LogP contribution in [0, 0.1) is 5.92 Å². The second-order valence-corrected chi connectivity index (χ2v) is 6.31. The molecule has 2 rings (SSSR count). The Morgan fingerprint density at radius 3 is 2.69 bits per heavy atom. The fraction of sp³-hybridized carbons (Fsp3) is 0.667. The SMILES string of the molecule is CCCC(CCC)C(=O)NCCn1ncc2c(NCCOC)ncnc21. The summed E-state index contributed by atoms with van der Waals surface area (Å²) in [6, 6.07) is 0. The Bertz CT molecular complexity index is 681. The number of nitrogens with one attached hydrogen (secondary N) is 2. The first kappa shape index (κ1) is 20.1. The number of amides is 1. The van der Waals surface area contributed by atoms with E-state index in [1.807, 2.05) is 0 Å². The van der Waals surface area contributed by atoms with Crippen molar-refractivity contribution in [2.45, 2.75) is 46.1 Å². The van der Waals surface area contributed by atoms with Crippen LogP contribution >= 0.6 is 0 Å². The summed E-state index contributed by atoms with van der Waals surface area (Å²) in [4.78, 5) is 20.9. The van der Waals surface area contributed by atoms with E-state index in [-0.39, 0.29) is 11.8 Å². The Morgan fingerprint density at radius 1 is 1.23 bits per heavy atom. The van der Waals surface area contributed by atoms with Crippen LogP contribution in [0.25, 0.3) is 11.0 Å². The standard InChI is InChI=1S/C18H30N6O2/c1-4-6-14(7-5-2)18(25)20-8-10-24-17-15(12-23-24)16(21-13-22-17)19-9-11-26-3/h12-14H,4-11H2,1-3H3,(H,20,25)(H,19,21,22). The van der Waals surface area contributed by atoms with Gasteiger partial charge in [-0.25, -0.2) is 14.6 Å². The van der Waals surface area contributed by atoms with Crippen LogP contribution in [0.4, 0.5) is 5.82 Å². The highest BCUT2D eigenvalue weighted by Gasteiger charge is 2.16. The minimum absolute atomic E-state index is 0.110. The quantitative estimate of drug-likeness (QED) is 0.562. The van der Waals surface area contributed by atoms with Crippen molar-refractivity contribution in [1.29, 1.82) is 0 Å². The number of hydrogen-bond acceptors (Lipinski definition) is 6. The third-order valence-electron chi connectivity index (χ3n) is 4.30. The summed E-state index contributed by atoms with van der Waals surface area (Å²) in [5.74, 6) is 0.994. The monoisotopic (exact) mass is 362 g/mol. The Balaban J connectivity index is 1.94. The van der Waals surface area contributed by atoms with Crippen molar-refractivity contribution in [3.63, 3.8) is 0 Å². The maximum Gasteiger partial charge on any atom is 0.223 e. The van der Waals surface area contributed by atoms with Crippen LogP contribution in [0.15, 0.2) is 12.5 Å². The van der Waals surface area contributed by atoms with Gasteiger partial charge in [-0.2, -0.15) is 5.10 Å². The third-order valence-corrected chi connectivity index (χ3v) is 4.30. The van der Waals surface area contributed by atoms with Crippen LogP contribution in [0.2, 0.25) is 0 Å². The van der Waals surface area contributed by atoms with Gasteiger partial charge in [0.2, 0.25) is 5.91 Å². The number of fused-ring (bicyclic) bond motifs is 1. The maximum absolute atomic E-state index is 12.3. The number of anilines is 1. The van der Waals surface area contributed by atoms with Gasteiger partial charge in [0.15, 0.2) is 5.65 Å². The number of carbonyl (C=O) groups is 1. The highest BCUT2D eigenvalue weighted by molar-refractivity contribution is 5.86. The lowest BCUT2D eigenvalue weighted by atomic mass is 9.97. The summed E-state index contributed by atoms with van der Waals surface area (Å²) < 4.78 is 6.84. The molecule has 0 atom stereocenters. The van der Waals surface area contributed by atoms with Crippen molar-refractivity contribution in [2.24, 2.45) is 5.92 Å². The van der Waals surface area contributed by atoms with Crippen molar-refractivity contribution in [2.75, 3.05) is 32.1 Å². The van der Waals surface area contributed by atoms with E-state index in [4.69, 9.17) is 4.74 Å². The molecule has 0 radical (unpaired) electrons. The first-order valence-corrected chi connectivity index (χ1v) is 9.38. The number of carbonyl (C=O) groups excluding carboxylic acids is 1. The molecule has 8 heteroatoms. The highest BCUT2D eigenvalue weighted by Crippen LogP contribution is 2.18. The van der Waals surface area contributed by atoms with E-state index in [2.05, 4.69) is 39.5 Å². The Labute approximate surface area is 154 Å². The molecule has 144 valence electrons. The molecule has 8 nitrogen and oxygen atoms in total. The van der Waals surface area contributed by atoms with E-state index in [1.165, 1.54) is 6.33 Å². The number of nitrogens with zero attached hydrogens (tertiary/aromatic N) is 4. The fourth-order valence-electron chi connectivity index (χ4n) is 3.00. The molecule has 0 bridgehead atoms. The van der Waals surface area contributed by atoms with Gasteiger partial charge < -0.3 is 15.4 Å². The molecule has 0 saturated heterocycles. The Morgan fingerprint density at radius 2 is 2.00 bits per heavy atom. The molecule has 0 fully saturated rings. The Hall–Kier alpha value is -2.22. The molecule has 0 unspecified atom stereocenters. The molecular formula is C18H30N6O2. The fourth-order valence-corrected chi connectivity index (χ4v) is 3.00. The van der Waals surface area contributed by atoms with Crippen LogP contribution in [0.5, 0.6) is 0 Å². The summed E-state index contributed by atoms with van der Waals surface area (Å²) in [6.45, 7) is 6.61. The molecule has 2 aromatic heterocycles. The zero-order valence-corrected chi connectivity index (χ0v) is 16.0. The summed E-state index contributed by atoms with van der Waals surface area (Å²) in [5, 5.41) is 11.5. The Kier molecular flexibility index (Phi) is 8.27. The zero-order chi connectivity index (χ0) is 18.8. The zero-order valence-electron chi connectivity index (χ0n) is 16.0. The van der Waals surface area contributed by atoms with Gasteiger partial charge in [0, 0.05) is 26.1 Å². The van der Waals surface area contributed by atoms with Gasteiger partial charge in [0.05, 0.1) is 24.7 Å². The lowest BCUT2D eigenvalue weighted by Crippen LogP contribution is -2.33. The van der Waals surface area contributed by atoms with Crippen molar-refractivity contribution in [3.8, 4) is 0 Å². The van der Waals surface area contributed by atoms with E-state index in [0.717, 1.165) is 42.5 Å². The largest absolute Gasteiger partial charge is 0.383 e. The molecule has 2 N–H and O–H groups in total. The number of aromatic nitrogens is 4. The van der Waals surface area contributed by atoms with Crippen LogP contribution < -0.4 is 10.6 Å². The van der Waals surface area contributed by atoms with Gasteiger partial charge in [-0.05, 0) is 12.8 Å². The van der Waals surface area contributed by atoms with Crippen molar-refractivity contribution in [3.05, 3.63) is 12.5 Å². The van der Waals surface area contributed by atoms with E-state index < -0.39 is 0 Å². The minimum atomic E-state index is 0.110. The molecule has 2 aromatic rings. The number of ether oxygens (including phenoxy) is 1. The summed E-state index contributed by atoms with van der Waals surface area (Å²) in [6.07, 6.45) is 7.20. The predicted octanol–water partition coefficient (Wildman–Crippen LogP) is 2.22. The van der Waals surface area contributed by atoms with Gasteiger partial charge in [-0.3, -0.25) is 4.79 Å². The van der Waals surface area contributed by atoms with E-state index >= 15 is 0 Å². The molecule has 0 aliphatic rings. The molecule has 0 aliphatic heterocycles. The van der Waals surface area contributed by atoms with Gasteiger partial charge >= 0.3 is 0 Å².